The zero-order chi connectivity index (χ0) is 12.8. The largest absolute Gasteiger partial charge is 0.378 e. The highest BCUT2D eigenvalue weighted by Gasteiger charge is 2.19. The maximum Gasteiger partial charge on any atom is 0.144 e. The summed E-state index contributed by atoms with van der Waals surface area (Å²) in [5.74, 6) is 6.23. The normalized spacial score (nSPS) is 17.9. The number of nitrogens with zero attached hydrogens (tertiary/aromatic N) is 2. The van der Waals surface area contributed by atoms with Crippen LogP contribution in [0.2, 0.25) is 0 Å². The number of ether oxygens (including phenoxy) is 1. The molecule has 0 radical (unpaired) electrons. The number of piperidine rings is 1. The van der Waals surface area contributed by atoms with E-state index in [0.29, 0.717) is 6.10 Å². The van der Waals surface area contributed by atoms with E-state index in [0.717, 1.165) is 50.5 Å². The van der Waals surface area contributed by atoms with Gasteiger partial charge in [-0.25, -0.2) is 10.8 Å². The molecule has 2 rings (SSSR count). The van der Waals surface area contributed by atoms with Crippen molar-refractivity contribution in [2.45, 2.75) is 32.4 Å². The number of nitrogens with two attached hydrogens (primary N) is 1. The molecule has 1 fully saturated rings. The Labute approximate surface area is 108 Å². The van der Waals surface area contributed by atoms with Crippen LogP contribution >= 0.6 is 0 Å². The lowest BCUT2D eigenvalue weighted by molar-refractivity contribution is 0.0125. The summed E-state index contributed by atoms with van der Waals surface area (Å²) in [5, 5.41) is 0. The number of aromatic nitrogens is 1. The Bertz CT molecular complexity index is 364. The van der Waals surface area contributed by atoms with Gasteiger partial charge >= 0.3 is 0 Å². The molecule has 3 N–H and O–H groups in total. The molecule has 18 heavy (non-hydrogen) atoms. The van der Waals surface area contributed by atoms with Gasteiger partial charge in [-0.15, -0.1) is 0 Å². The number of nitrogen functional groups attached to an aromatic ring is 1. The Hall–Kier alpha value is -1.17. The van der Waals surface area contributed by atoms with E-state index in [9.17, 15) is 0 Å². The maximum atomic E-state index is 5.65. The van der Waals surface area contributed by atoms with Crippen LogP contribution in [0.4, 0.5) is 5.82 Å². The topological polar surface area (TPSA) is 63.4 Å². The Morgan fingerprint density at radius 2 is 2.28 bits per heavy atom. The first-order valence-electron chi connectivity index (χ1n) is 6.58. The molecule has 0 atom stereocenters. The van der Waals surface area contributed by atoms with Crippen molar-refractivity contribution in [2.75, 3.05) is 25.1 Å². The van der Waals surface area contributed by atoms with Crippen LogP contribution in [0.1, 0.15) is 25.3 Å². The van der Waals surface area contributed by atoms with Gasteiger partial charge in [0.15, 0.2) is 0 Å². The standard InChI is InChI=1S/C13H22N4O/c1-2-18-12-5-8-17(9-6-12)10-11-4-3-7-15-13(11)16-14/h3-4,7,12H,2,5-6,8-10,14H2,1H3,(H,15,16). The maximum absolute atomic E-state index is 5.65. The zero-order valence-corrected chi connectivity index (χ0v) is 10.9. The molecule has 1 aliphatic rings. The van der Waals surface area contributed by atoms with E-state index in [1.807, 2.05) is 6.07 Å². The molecule has 2 heterocycles. The van der Waals surface area contributed by atoms with Gasteiger partial charge in [0, 0.05) is 38.0 Å². The van der Waals surface area contributed by atoms with Crippen molar-refractivity contribution in [3.05, 3.63) is 23.9 Å². The fraction of sp³-hybridized carbons (Fsp3) is 0.615. The minimum absolute atomic E-state index is 0.437. The summed E-state index contributed by atoms with van der Waals surface area (Å²) in [4.78, 5) is 6.64. The lowest BCUT2D eigenvalue weighted by atomic mass is 10.1. The Morgan fingerprint density at radius 3 is 2.94 bits per heavy atom. The van der Waals surface area contributed by atoms with Gasteiger partial charge < -0.3 is 10.2 Å². The number of pyridine rings is 1. The van der Waals surface area contributed by atoms with Crippen molar-refractivity contribution in [2.24, 2.45) is 5.84 Å². The van der Waals surface area contributed by atoms with Crippen LogP contribution in [0.25, 0.3) is 0 Å². The van der Waals surface area contributed by atoms with Crippen LogP contribution in [0.15, 0.2) is 18.3 Å². The molecule has 0 aliphatic carbocycles. The Morgan fingerprint density at radius 1 is 1.50 bits per heavy atom. The quantitative estimate of drug-likeness (QED) is 0.610. The molecule has 100 valence electrons. The molecule has 0 amide bonds. The van der Waals surface area contributed by atoms with E-state index >= 15 is 0 Å². The lowest BCUT2D eigenvalue weighted by Gasteiger charge is -2.31. The van der Waals surface area contributed by atoms with Crippen molar-refractivity contribution in [3.8, 4) is 0 Å². The van der Waals surface area contributed by atoms with E-state index < -0.39 is 0 Å². The van der Waals surface area contributed by atoms with E-state index in [4.69, 9.17) is 10.6 Å². The second kappa shape index (κ2) is 6.68. The van der Waals surface area contributed by atoms with Crippen molar-refractivity contribution in [3.63, 3.8) is 0 Å². The average Bonchev–Trinajstić information content (AvgIpc) is 2.42. The summed E-state index contributed by atoms with van der Waals surface area (Å²) in [5.41, 5.74) is 3.80. The first-order chi connectivity index (χ1) is 8.83. The van der Waals surface area contributed by atoms with Crippen molar-refractivity contribution in [1.82, 2.24) is 9.88 Å². The molecule has 1 aromatic rings. The van der Waals surface area contributed by atoms with Crippen molar-refractivity contribution < 1.29 is 4.74 Å². The summed E-state index contributed by atoms with van der Waals surface area (Å²) < 4.78 is 5.65. The van der Waals surface area contributed by atoms with Crippen LogP contribution in [0, 0.1) is 0 Å². The minimum atomic E-state index is 0.437. The molecule has 5 heteroatoms. The number of hydrogen-bond acceptors (Lipinski definition) is 5. The SMILES string of the molecule is CCOC1CCN(Cc2cccnc2NN)CC1. The van der Waals surface area contributed by atoms with Gasteiger partial charge in [-0.2, -0.15) is 0 Å². The molecule has 1 aliphatic heterocycles. The summed E-state index contributed by atoms with van der Waals surface area (Å²) >= 11 is 0. The fourth-order valence-corrected chi connectivity index (χ4v) is 2.41. The first kappa shape index (κ1) is 13.3. The monoisotopic (exact) mass is 250 g/mol. The van der Waals surface area contributed by atoms with Gasteiger partial charge in [0.25, 0.3) is 0 Å². The lowest BCUT2D eigenvalue weighted by Crippen LogP contribution is -2.36. The molecule has 0 unspecified atom stereocenters. The van der Waals surface area contributed by atoms with Gasteiger partial charge in [-0.1, -0.05) is 6.07 Å². The third-order valence-electron chi connectivity index (χ3n) is 3.36. The van der Waals surface area contributed by atoms with Crippen LogP contribution in [-0.4, -0.2) is 35.7 Å². The highest BCUT2D eigenvalue weighted by atomic mass is 16.5. The Balaban J connectivity index is 1.87. The average molecular weight is 250 g/mol. The van der Waals surface area contributed by atoms with Crippen LogP contribution < -0.4 is 11.3 Å². The van der Waals surface area contributed by atoms with Crippen molar-refractivity contribution in [1.29, 1.82) is 0 Å². The molecule has 0 saturated carbocycles. The van der Waals surface area contributed by atoms with E-state index in [1.54, 1.807) is 6.20 Å². The van der Waals surface area contributed by atoms with Gasteiger partial charge in [0.05, 0.1) is 6.10 Å². The van der Waals surface area contributed by atoms with E-state index in [-0.39, 0.29) is 0 Å². The van der Waals surface area contributed by atoms with Gasteiger partial charge in [0.2, 0.25) is 0 Å². The molecule has 1 saturated heterocycles. The summed E-state index contributed by atoms with van der Waals surface area (Å²) in [6.45, 7) is 5.91. The highest BCUT2D eigenvalue weighted by molar-refractivity contribution is 5.42. The molecule has 0 bridgehead atoms. The van der Waals surface area contributed by atoms with E-state index in [2.05, 4.69) is 28.3 Å². The van der Waals surface area contributed by atoms with Gasteiger partial charge in [-0.3, -0.25) is 4.90 Å². The van der Waals surface area contributed by atoms with Crippen LogP contribution in [0.3, 0.4) is 0 Å². The second-order valence-corrected chi connectivity index (χ2v) is 4.59. The van der Waals surface area contributed by atoms with E-state index in [1.165, 1.54) is 0 Å². The number of rotatable bonds is 5. The third kappa shape index (κ3) is 3.41. The van der Waals surface area contributed by atoms with Crippen LogP contribution in [0.5, 0.6) is 0 Å². The summed E-state index contributed by atoms with van der Waals surface area (Å²) in [7, 11) is 0. The molecular weight excluding hydrogens is 228 g/mol. The molecular formula is C13H22N4O. The first-order valence-corrected chi connectivity index (χ1v) is 6.58. The summed E-state index contributed by atoms with van der Waals surface area (Å²) in [6, 6.07) is 4.01. The fourth-order valence-electron chi connectivity index (χ4n) is 2.41. The minimum Gasteiger partial charge on any atom is -0.378 e. The number of hydrazine groups is 1. The van der Waals surface area contributed by atoms with Gasteiger partial charge in [-0.05, 0) is 25.8 Å². The van der Waals surface area contributed by atoms with Gasteiger partial charge in [0.1, 0.15) is 5.82 Å². The van der Waals surface area contributed by atoms with Crippen LogP contribution in [-0.2, 0) is 11.3 Å². The summed E-state index contributed by atoms with van der Waals surface area (Å²) in [6.07, 6.45) is 4.41. The number of nitrogens with one attached hydrogen (secondary N) is 1. The number of anilines is 1. The predicted octanol–water partition coefficient (Wildman–Crippen LogP) is 1.37. The van der Waals surface area contributed by atoms with Crippen molar-refractivity contribution >= 4 is 5.82 Å². The Kier molecular flexibility index (Phi) is 4.92. The molecule has 5 nitrogen and oxygen atoms in total. The predicted molar refractivity (Wildman–Crippen MR) is 72.0 cm³/mol. The molecule has 0 aromatic carbocycles. The molecule has 1 aromatic heterocycles. The zero-order valence-electron chi connectivity index (χ0n) is 10.9. The number of hydrogen-bond donors (Lipinski definition) is 2. The third-order valence-corrected chi connectivity index (χ3v) is 3.36. The molecule has 0 spiro atoms. The smallest absolute Gasteiger partial charge is 0.144 e. The highest BCUT2D eigenvalue weighted by Crippen LogP contribution is 2.18. The number of likely N-dealkylation sites (tertiary alicyclic amines) is 1. The second-order valence-electron chi connectivity index (χ2n) is 4.59.